The zero-order valence-electron chi connectivity index (χ0n) is 16.0. The number of ether oxygens (including phenoxy) is 2. The van der Waals surface area contributed by atoms with Crippen molar-refractivity contribution in [2.24, 2.45) is 17.8 Å². The molecule has 4 heteroatoms. The van der Waals surface area contributed by atoms with Crippen LogP contribution in [0.25, 0.3) is 0 Å². The van der Waals surface area contributed by atoms with E-state index >= 15 is 0 Å². The van der Waals surface area contributed by atoms with Gasteiger partial charge in [0.2, 0.25) is 0 Å². The highest BCUT2D eigenvalue weighted by Gasteiger charge is 2.62. The average Bonchev–Trinajstić information content (AvgIpc) is 3.15. The van der Waals surface area contributed by atoms with Gasteiger partial charge in [-0.1, -0.05) is 18.6 Å². The molecule has 0 spiro atoms. The first-order chi connectivity index (χ1) is 12.0. The molecule has 140 valence electrons. The van der Waals surface area contributed by atoms with Crippen molar-refractivity contribution in [3.8, 4) is 0 Å². The molecule has 0 unspecified atom stereocenters. The standard InChI is InChI=1S/C21H33NO3/c1-14-5-4-10-21(3)19(25-21)18-16(7-6-14)17(20(23)24-18)13-22-11-8-15(2)9-12-22/h5,15-19H,4,6-13H2,1-3H3/b14-5-/t16-,17-,18-,19-,21+/m0/s1. The molecular formula is C21H33NO3. The van der Waals surface area contributed by atoms with E-state index < -0.39 is 0 Å². The lowest BCUT2D eigenvalue weighted by Crippen LogP contribution is -2.40. The summed E-state index contributed by atoms with van der Waals surface area (Å²) in [5, 5.41) is 0. The van der Waals surface area contributed by atoms with Crippen LogP contribution in [0.15, 0.2) is 11.6 Å². The molecule has 0 radical (unpaired) electrons. The number of rotatable bonds is 2. The molecule has 0 aromatic carbocycles. The summed E-state index contributed by atoms with van der Waals surface area (Å²) in [6, 6.07) is 0. The zero-order chi connectivity index (χ0) is 17.6. The third kappa shape index (κ3) is 3.52. The first kappa shape index (κ1) is 17.5. The molecule has 1 aliphatic carbocycles. The second kappa shape index (κ2) is 6.70. The van der Waals surface area contributed by atoms with Crippen LogP contribution in [0.5, 0.6) is 0 Å². The topological polar surface area (TPSA) is 42.1 Å². The molecule has 4 rings (SSSR count). The van der Waals surface area contributed by atoms with Gasteiger partial charge in [0.05, 0.1) is 11.5 Å². The van der Waals surface area contributed by atoms with Gasteiger partial charge in [-0.25, -0.2) is 0 Å². The van der Waals surface area contributed by atoms with Crippen molar-refractivity contribution in [2.75, 3.05) is 19.6 Å². The lowest BCUT2D eigenvalue weighted by Gasteiger charge is -2.32. The number of allylic oxidation sites excluding steroid dienone is 2. The Morgan fingerprint density at radius 1 is 1.28 bits per heavy atom. The van der Waals surface area contributed by atoms with Crippen LogP contribution in [0, 0.1) is 17.8 Å². The molecule has 0 bridgehead atoms. The van der Waals surface area contributed by atoms with Crippen molar-refractivity contribution in [1.29, 1.82) is 0 Å². The predicted octanol–water partition coefficient (Wildman–Crippen LogP) is 3.55. The van der Waals surface area contributed by atoms with E-state index in [-0.39, 0.29) is 29.7 Å². The highest BCUT2D eigenvalue weighted by atomic mass is 16.6. The van der Waals surface area contributed by atoms with E-state index in [4.69, 9.17) is 9.47 Å². The van der Waals surface area contributed by atoms with Gasteiger partial charge in [0, 0.05) is 12.5 Å². The van der Waals surface area contributed by atoms with Gasteiger partial charge >= 0.3 is 5.97 Å². The summed E-state index contributed by atoms with van der Waals surface area (Å²) in [6.45, 7) is 9.87. The Morgan fingerprint density at radius 3 is 2.80 bits per heavy atom. The van der Waals surface area contributed by atoms with Crippen molar-refractivity contribution in [1.82, 2.24) is 4.90 Å². The van der Waals surface area contributed by atoms with Gasteiger partial charge < -0.3 is 14.4 Å². The number of hydrogen-bond donors (Lipinski definition) is 0. The third-order valence-electron chi connectivity index (χ3n) is 7.07. The van der Waals surface area contributed by atoms with E-state index in [1.54, 1.807) is 0 Å². The van der Waals surface area contributed by atoms with E-state index in [9.17, 15) is 4.79 Å². The van der Waals surface area contributed by atoms with Gasteiger partial charge in [-0.3, -0.25) is 4.79 Å². The van der Waals surface area contributed by atoms with Crippen molar-refractivity contribution >= 4 is 5.97 Å². The van der Waals surface area contributed by atoms with Gasteiger partial charge in [-0.2, -0.15) is 0 Å². The molecule has 3 saturated heterocycles. The van der Waals surface area contributed by atoms with Gasteiger partial charge in [0.15, 0.2) is 0 Å². The number of epoxide rings is 1. The van der Waals surface area contributed by atoms with E-state index in [1.165, 1.54) is 18.4 Å². The Bertz CT molecular complexity index is 551. The number of hydrogen-bond acceptors (Lipinski definition) is 4. The van der Waals surface area contributed by atoms with Crippen LogP contribution in [0.1, 0.15) is 59.3 Å². The molecule has 0 N–H and O–H groups in total. The van der Waals surface area contributed by atoms with Crippen LogP contribution >= 0.6 is 0 Å². The van der Waals surface area contributed by atoms with Crippen LogP contribution in [0.3, 0.4) is 0 Å². The number of carbonyl (C=O) groups excluding carboxylic acids is 1. The quantitative estimate of drug-likeness (QED) is 0.435. The first-order valence-corrected chi connectivity index (χ1v) is 10.2. The lowest BCUT2D eigenvalue weighted by atomic mass is 9.80. The number of fused-ring (bicyclic) bond motifs is 3. The highest BCUT2D eigenvalue weighted by molar-refractivity contribution is 5.75. The summed E-state index contributed by atoms with van der Waals surface area (Å²) in [7, 11) is 0. The van der Waals surface area contributed by atoms with E-state index in [0.717, 1.165) is 51.2 Å². The number of esters is 1. The smallest absolute Gasteiger partial charge is 0.311 e. The van der Waals surface area contributed by atoms with Crippen molar-refractivity contribution in [2.45, 2.75) is 77.1 Å². The van der Waals surface area contributed by atoms with Crippen LogP contribution in [-0.2, 0) is 14.3 Å². The SMILES string of the molecule is C/C1=C/CC[C@@]2(C)O[C@H]2[C@H]2OC(=O)[C@@H](CN3CCC(C)CC3)[C@@H]2CC1. The zero-order valence-corrected chi connectivity index (χ0v) is 16.0. The summed E-state index contributed by atoms with van der Waals surface area (Å²) in [6.07, 6.45) is 9.17. The molecule has 0 amide bonds. The van der Waals surface area contributed by atoms with Crippen molar-refractivity contribution < 1.29 is 14.3 Å². The molecule has 0 saturated carbocycles. The fourth-order valence-electron chi connectivity index (χ4n) is 5.07. The number of carbonyl (C=O) groups is 1. The fourth-order valence-corrected chi connectivity index (χ4v) is 5.07. The Labute approximate surface area is 151 Å². The average molecular weight is 347 g/mol. The number of piperidine rings is 1. The van der Waals surface area contributed by atoms with E-state index in [1.807, 2.05) is 0 Å². The molecule has 3 heterocycles. The Hall–Kier alpha value is -0.870. The van der Waals surface area contributed by atoms with E-state index in [0.29, 0.717) is 5.92 Å². The van der Waals surface area contributed by atoms with Gasteiger partial charge in [-0.05, 0) is 71.4 Å². The Morgan fingerprint density at radius 2 is 2.04 bits per heavy atom. The summed E-state index contributed by atoms with van der Waals surface area (Å²) in [5.41, 5.74) is 1.36. The van der Waals surface area contributed by atoms with Crippen LogP contribution in [0.2, 0.25) is 0 Å². The fraction of sp³-hybridized carbons (Fsp3) is 0.857. The first-order valence-electron chi connectivity index (χ1n) is 10.2. The predicted molar refractivity (Wildman–Crippen MR) is 97.2 cm³/mol. The maximum absolute atomic E-state index is 12.7. The second-order valence-corrected chi connectivity index (χ2v) is 9.13. The van der Waals surface area contributed by atoms with Gasteiger partial charge in [0.25, 0.3) is 0 Å². The van der Waals surface area contributed by atoms with Gasteiger partial charge in [0.1, 0.15) is 12.2 Å². The molecule has 5 atom stereocenters. The monoisotopic (exact) mass is 347 g/mol. The number of nitrogens with zero attached hydrogens (tertiary/aromatic N) is 1. The minimum Gasteiger partial charge on any atom is -0.459 e. The van der Waals surface area contributed by atoms with Crippen LogP contribution < -0.4 is 0 Å². The molecule has 0 aromatic heterocycles. The molecular weight excluding hydrogens is 314 g/mol. The number of likely N-dealkylation sites (tertiary alicyclic amines) is 1. The Balaban J connectivity index is 1.49. The van der Waals surface area contributed by atoms with E-state index in [2.05, 4.69) is 31.7 Å². The van der Waals surface area contributed by atoms with Crippen molar-refractivity contribution in [3.63, 3.8) is 0 Å². The molecule has 0 aromatic rings. The maximum atomic E-state index is 12.7. The minimum atomic E-state index is -0.0905. The largest absolute Gasteiger partial charge is 0.459 e. The second-order valence-electron chi connectivity index (χ2n) is 9.13. The highest BCUT2D eigenvalue weighted by Crippen LogP contribution is 2.50. The van der Waals surface area contributed by atoms with Crippen molar-refractivity contribution in [3.05, 3.63) is 11.6 Å². The summed E-state index contributed by atoms with van der Waals surface area (Å²) >= 11 is 0. The molecule has 25 heavy (non-hydrogen) atoms. The molecule has 3 aliphatic heterocycles. The summed E-state index contributed by atoms with van der Waals surface area (Å²) < 4.78 is 12.0. The summed E-state index contributed by atoms with van der Waals surface area (Å²) in [5.74, 6) is 1.17. The molecule has 3 fully saturated rings. The van der Waals surface area contributed by atoms with Crippen LogP contribution in [-0.4, -0.2) is 48.3 Å². The minimum absolute atomic E-state index is 0.0207. The third-order valence-corrected chi connectivity index (χ3v) is 7.07. The maximum Gasteiger partial charge on any atom is 0.311 e. The van der Waals surface area contributed by atoms with Crippen LogP contribution in [0.4, 0.5) is 0 Å². The lowest BCUT2D eigenvalue weighted by molar-refractivity contribution is -0.145. The Kier molecular flexibility index (Phi) is 4.70. The summed E-state index contributed by atoms with van der Waals surface area (Å²) in [4.78, 5) is 15.2. The molecule has 4 aliphatic rings. The molecule has 4 nitrogen and oxygen atoms in total. The normalized spacial score (nSPS) is 45.1. The van der Waals surface area contributed by atoms with Gasteiger partial charge in [-0.15, -0.1) is 0 Å².